The van der Waals surface area contributed by atoms with Gasteiger partial charge in [0.2, 0.25) is 0 Å². The van der Waals surface area contributed by atoms with Gasteiger partial charge in [-0.05, 0) is 48.7 Å². The molecule has 0 radical (unpaired) electrons. The van der Waals surface area contributed by atoms with Gasteiger partial charge in [-0.3, -0.25) is 0 Å². The molecule has 0 bridgehead atoms. The summed E-state index contributed by atoms with van der Waals surface area (Å²) in [4.78, 5) is 0. The molecule has 0 saturated heterocycles. The molecule has 2 nitrogen and oxygen atoms in total. The smallest absolute Gasteiger partial charge is 0.0931 e. The van der Waals surface area contributed by atoms with E-state index in [-0.39, 0.29) is 21.7 Å². The molecule has 2 rings (SSSR count). The van der Waals surface area contributed by atoms with Crippen molar-refractivity contribution in [2.75, 3.05) is 0 Å². The van der Waals surface area contributed by atoms with Crippen LogP contribution in [-0.4, -0.2) is 10.2 Å². The fourth-order valence-corrected chi connectivity index (χ4v) is 4.67. The van der Waals surface area contributed by atoms with Crippen LogP contribution in [0.5, 0.6) is 0 Å². The van der Waals surface area contributed by atoms with Crippen molar-refractivity contribution in [1.82, 2.24) is 0 Å². The highest BCUT2D eigenvalue weighted by Crippen LogP contribution is 2.53. The van der Waals surface area contributed by atoms with E-state index in [1.54, 1.807) is 0 Å². The van der Waals surface area contributed by atoms with E-state index in [1.165, 1.54) is 11.1 Å². The number of allylic oxidation sites excluding steroid dienone is 8. The molecule has 0 fully saturated rings. The number of aliphatic hydroxyl groups excluding tert-OH is 2. The third-order valence-corrected chi connectivity index (χ3v) is 7.89. The molecule has 2 aliphatic carbocycles. The van der Waals surface area contributed by atoms with Gasteiger partial charge in [-0.25, -0.2) is 0 Å². The summed E-state index contributed by atoms with van der Waals surface area (Å²) in [5.41, 5.74) is 3.16. The Morgan fingerprint density at radius 3 is 1.29 bits per heavy atom. The summed E-state index contributed by atoms with van der Waals surface area (Å²) in [5, 5.41) is 20.2. The quantitative estimate of drug-likeness (QED) is 0.467. The molecular formula is C26H42O2. The van der Waals surface area contributed by atoms with E-state index >= 15 is 0 Å². The van der Waals surface area contributed by atoms with Crippen LogP contribution in [0, 0.1) is 21.7 Å². The summed E-state index contributed by atoms with van der Waals surface area (Å²) in [6, 6.07) is 0. The van der Waals surface area contributed by atoms with Crippen LogP contribution in [0.2, 0.25) is 0 Å². The van der Waals surface area contributed by atoms with Crippen molar-refractivity contribution in [3.8, 4) is 0 Å². The van der Waals surface area contributed by atoms with Crippen LogP contribution in [0.1, 0.15) is 93.9 Å². The predicted octanol–water partition coefficient (Wildman–Crippen LogP) is 8.20. The molecule has 2 aliphatic rings. The molecule has 2 atom stereocenters. The minimum Gasteiger partial charge on any atom is -0.512 e. The van der Waals surface area contributed by atoms with E-state index in [1.807, 2.05) is 12.2 Å². The van der Waals surface area contributed by atoms with E-state index in [4.69, 9.17) is 0 Å². The maximum Gasteiger partial charge on any atom is 0.0931 e. The highest BCUT2D eigenvalue weighted by molar-refractivity contribution is 5.31. The van der Waals surface area contributed by atoms with Crippen molar-refractivity contribution in [3.63, 3.8) is 0 Å². The van der Waals surface area contributed by atoms with E-state index in [9.17, 15) is 10.2 Å². The fraction of sp³-hybridized carbons (Fsp3) is 0.692. The Morgan fingerprint density at radius 2 is 1.00 bits per heavy atom. The topological polar surface area (TPSA) is 40.5 Å². The lowest BCUT2D eigenvalue weighted by atomic mass is 9.58. The van der Waals surface area contributed by atoms with Crippen molar-refractivity contribution >= 4 is 0 Å². The molecule has 0 aromatic heterocycles. The summed E-state index contributed by atoms with van der Waals surface area (Å²) in [7, 11) is 0. The summed E-state index contributed by atoms with van der Waals surface area (Å²) >= 11 is 0. The van der Waals surface area contributed by atoms with Gasteiger partial charge in [0.1, 0.15) is 0 Å². The molecule has 0 saturated carbocycles. The average molecular weight is 387 g/mol. The van der Waals surface area contributed by atoms with E-state index in [2.05, 4.69) is 67.5 Å². The summed E-state index contributed by atoms with van der Waals surface area (Å²) < 4.78 is 0. The van der Waals surface area contributed by atoms with Crippen LogP contribution in [0.25, 0.3) is 0 Å². The zero-order valence-corrected chi connectivity index (χ0v) is 19.4. The third-order valence-electron chi connectivity index (χ3n) is 7.89. The molecule has 0 aliphatic heterocycles. The van der Waals surface area contributed by atoms with Gasteiger partial charge in [-0.2, -0.15) is 0 Å². The number of hydrogen-bond acceptors (Lipinski definition) is 2. The molecule has 2 heteroatoms. The van der Waals surface area contributed by atoms with E-state index < -0.39 is 0 Å². The Morgan fingerprint density at radius 1 is 0.679 bits per heavy atom. The van der Waals surface area contributed by atoms with Gasteiger partial charge in [-0.15, -0.1) is 0 Å². The SMILES string of the molecule is CC(C)(C)C1(C)CC(O)=CC=C1CCCCC1=CC=C(O)CC1(C)C(C)(C)C. The number of rotatable bonds is 5. The normalized spacial score (nSPS) is 29.0. The van der Waals surface area contributed by atoms with Gasteiger partial charge in [0.05, 0.1) is 11.5 Å². The average Bonchev–Trinajstić information content (AvgIpc) is 2.52. The van der Waals surface area contributed by atoms with Crippen LogP contribution in [0.4, 0.5) is 0 Å². The van der Waals surface area contributed by atoms with E-state index in [0.717, 1.165) is 38.5 Å². The predicted molar refractivity (Wildman–Crippen MR) is 120 cm³/mol. The van der Waals surface area contributed by atoms with Crippen molar-refractivity contribution in [1.29, 1.82) is 0 Å². The van der Waals surface area contributed by atoms with Crippen molar-refractivity contribution < 1.29 is 10.2 Å². The summed E-state index contributed by atoms with van der Waals surface area (Å²) in [5.74, 6) is 1.00. The lowest BCUT2D eigenvalue weighted by molar-refractivity contribution is 0.123. The maximum atomic E-state index is 10.1. The molecular weight excluding hydrogens is 344 g/mol. The fourth-order valence-electron chi connectivity index (χ4n) is 4.67. The highest BCUT2D eigenvalue weighted by atomic mass is 16.3. The summed E-state index contributed by atoms with van der Waals surface area (Å²) in [6.07, 6.45) is 14.0. The van der Waals surface area contributed by atoms with Gasteiger partial charge in [0.25, 0.3) is 0 Å². The first-order chi connectivity index (χ1) is 12.7. The van der Waals surface area contributed by atoms with Crippen LogP contribution >= 0.6 is 0 Å². The number of unbranched alkanes of at least 4 members (excludes halogenated alkanes) is 1. The minimum absolute atomic E-state index is 0.00436. The Labute approximate surface area is 173 Å². The number of aliphatic hydroxyl groups is 2. The second kappa shape index (κ2) is 7.76. The van der Waals surface area contributed by atoms with Crippen molar-refractivity contribution in [3.05, 3.63) is 47.0 Å². The molecule has 158 valence electrons. The van der Waals surface area contributed by atoms with Gasteiger partial charge < -0.3 is 10.2 Å². The molecule has 0 aromatic rings. The molecule has 2 unspecified atom stereocenters. The number of hydrogen-bond donors (Lipinski definition) is 2. The molecule has 0 spiro atoms. The highest BCUT2D eigenvalue weighted by Gasteiger charge is 2.43. The van der Waals surface area contributed by atoms with Crippen molar-refractivity contribution in [2.45, 2.75) is 93.9 Å². The molecule has 0 amide bonds. The molecule has 0 aromatic carbocycles. The first kappa shape index (κ1) is 22.8. The lowest BCUT2D eigenvalue weighted by Crippen LogP contribution is -2.37. The maximum absolute atomic E-state index is 10.1. The molecule has 28 heavy (non-hydrogen) atoms. The largest absolute Gasteiger partial charge is 0.512 e. The zero-order valence-electron chi connectivity index (χ0n) is 19.4. The Hall–Kier alpha value is -1.44. The van der Waals surface area contributed by atoms with Crippen LogP contribution in [-0.2, 0) is 0 Å². The summed E-state index contributed by atoms with van der Waals surface area (Å²) in [6.45, 7) is 18.3. The Kier molecular flexibility index (Phi) is 6.34. The van der Waals surface area contributed by atoms with Crippen molar-refractivity contribution in [2.24, 2.45) is 21.7 Å². The van der Waals surface area contributed by atoms with Crippen LogP contribution in [0.3, 0.4) is 0 Å². The van der Waals surface area contributed by atoms with E-state index in [0.29, 0.717) is 11.5 Å². The van der Waals surface area contributed by atoms with Gasteiger partial charge in [0, 0.05) is 23.7 Å². The van der Waals surface area contributed by atoms with Crippen LogP contribution in [0.15, 0.2) is 47.0 Å². The van der Waals surface area contributed by atoms with Gasteiger partial charge >= 0.3 is 0 Å². The first-order valence-corrected chi connectivity index (χ1v) is 10.9. The molecule has 2 N–H and O–H groups in total. The second-order valence-electron chi connectivity index (χ2n) is 11.4. The first-order valence-electron chi connectivity index (χ1n) is 10.9. The van der Waals surface area contributed by atoms with Crippen LogP contribution < -0.4 is 0 Å². The minimum atomic E-state index is 0.00436. The lowest BCUT2D eigenvalue weighted by Gasteiger charge is -2.46. The Balaban J connectivity index is 2.05. The molecule has 0 heterocycles. The standard InChI is InChI=1S/C26H42O2/c1-23(2,3)25(7)17-21(27)15-13-19(25)11-9-10-12-20-14-16-22(28)18-26(20,8)24(4,5)6/h13-16,27-28H,9-12,17-18H2,1-8H3. The zero-order chi connectivity index (χ0) is 21.4. The third kappa shape index (κ3) is 4.42. The van der Waals surface area contributed by atoms with Gasteiger partial charge in [0.15, 0.2) is 0 Å². The second-order valence-corrected chi connectivity index (χ2v) is 11.4. The Bertz CT molecular complexity index is 644. The van der Waals surface area contributed by atoms with Gasteiger partial charge in [-0.1, -0.05) is 78.7 Å². The monoisotopic (exact) mass is 386 g/mol.